The third-order valence-electron chi connectivity index (χ3n) is 4.88. The van der Waals surface area contributed by atoms with E-state index in [4.69, 9.17) is 4.74 Å². The van der Waals surface area contributed by atoms with E-state index in [9.17, 15) is 13.2 Å². The number of carbonyl (C=O) groups is 1. The number of pyridine rings is 1. The van der Waals surface area contributed by atoms with Gasteiger partial charge in [-0.05, 0) is 55.7 Å². The van der Waals surface area contributed by atoms with Crippen LogP contribution < -0.4 is 14.8 Å². The highest BCUT2D eigenvalue weighted by atomic mass is 32.2. The lowest BCUT2D eigenvalue weighted by Gasteiger charge is -2.12. The highest BCUT2D eigenvalue weighted by Gasteiger charge is 2.28. The first-order valence-electron chi connectivity index (χ1n) is 9.97. The Morgan fingerprint density at radius 1 is 1.13 bits per heavy atom. The van der Waals surface area contributed by atoms with Crippen LogP contribution in [0.1, 0.15) is 34.3 Å². The van der Waals surface area contributed by atoms with Crippen molar-refractivity contribution in [3.8, 4) is 5.75 Å². The maximum absolute atomic E-state index is 12.9. The second-order valence-corrected chi connectivity index (χ2v) is 9.22. The van der Waals surface area contributed by atoms with Crippen LogP contribution in [0.5, 0.6) is 5.75 Å². The molecule has 4 rings (SSSR count). The summed E-state index contributed by atoms with van der Waals surface area (Å²) in [4.78, 5) is 17.0. The number of nitrogens with one attached hydrogen (secondary N) is 2. The number of hydrogen-bond acceptors (Lipinski definition) is 5. The quantitative estimate of drug-likeness (QED) is 0.561. The van der Waals surface area contributed by atoms with E-state index in [-0.39, 0.29) is 16.8 Å². The molecule has 0 unspecified atom stereocenters. The van der Waals surface area contributed by atoms with Crippen molar-refractivity contribution >= 4 is 21.6 Å². The number of carbonyl (C=O) groups excluding carboxylic acids is 1. The summed E-state index contributed by atoms with van der Waals surface area (Å²) >= 11 is 0. The molecule has 1 heterocycles. The molecule has 0 bridgehead atoms. The van der Waals surface area contributed by atoms with Gasteiger partial charge in [0.2, 0.25) is 10.0 Å². The van der Waals surface area contributed by atoms with E-state index in [0.29, 0.717) is 29.2 Å². The van der Waals surface area contributed by atoms with Gasteiger partial charge >= 0.3 is 0 Å². The number of aromatic nitrogens is 1. The van der Waals surface area contributed by atoms with Gasteiger partial charge in [-0.1, -0.05) is 18.2 Å². The number of anilines is 1. The molecule has 31 heavy (non-hydrogen) atoms. The van der Waals surface area contributed by atoms with Crippen LogP contribution in [0.15, 0.2) is 71.9 Å². The van der Waals surface area contributed by atoms with Gasteiger partial charge in [-0.3, -0.25) is 9.78 Å². The number of rotatable bonds is 8. The number of nitrogens with zero attached hydrogens (tertiary/aromatic N) is 1. The van der Waals surface area contributed by atoms with Crippen molar-refractivity contribution in [3.05, 3.63) is 83.7 Å². The third-order valence-corrected chi connectivity index (χ3v) is 6.40. The van der Waals surface area contributed by atoms with E-state index < -0.39 is 10.0 Å². The Bertz CT molecular complexity index is 1190. The highest BCUT2D eigenvalue weighted by Crippen LogP contribution is 2.24. The second-order valence-electron chi connectivity index (χ2n) is 7.50. The van der Waals surface area contributed by atoms with Crippen molar-refractivity contribution in [3.63, 3.8) is 0 Å². The van der Waals surface area contributed by atoms with Crippen molar-refractivity contribution in [1.82, 2.24) is 9.71 Å². The molecule has 8 heteroatoms. The maximum Gasteiger partial charge on any atom is 0.255 e. The summed E-state index contributed by atoms with van der Waals surface area (Å²) in [7, 11) is -3.64. The Morgan fingerprint density at radius 2 is 1.97 bits per heavy atom. The van der Waals surface area contributed by atoms with Crippen LogP contribution >= 0.6 is 0 Å². The van der Waals surface area contributed by atoms with Gasteiger partial charge in [0.1, 0.15) is 12.4 Å². The van der Waals surface area contributed by atoms with E-state index in [1.165, 1.54) is 12.1 Å². The Hall–Kier alpha value is -3.23. The zero-order valence-corrected chi connectivity index (χ0v) is 17.9. The molecular formula is C23H23N3O4S. The van der Waals surface area contributed by atoms with Gasteiger partial charge in [0.05, 0.1) is 4.90 Å². The van der Waals surface area contributed by atoms with Crippen LogP contribution in [0.4, 0.5) is 5.69 Å². The average Bonchev–Trinajstić information content (AvgIpc) is 3.57. The molecule has 1 aliphatic carbocycles. The van der Waals surface area contributed by atoms with Crippen molar-refractivity contribution in [2.75, 3.05) is 5.32 Å². The fraction of sp³-hybridized carbons (Fsp3) is 0.217. The van der Waals surface area contributed by atoms with Crippen LogP contribution in [0.2, 0.25) is 0 Å². The molecule has 2 aromatic carbocycles. The average molecular weight is 438 g/mol. The SMILES string of the molecule is Cc1ccc(S(=O)(=O)NC2CC2)cc1C(=O)Nc1cccc(OCc2cccnc2)c1. The fourth-order valence-electron chi connectivity index (χ4n) is 3.01. The molecule has 0 spiro atoms. The minimum absolute atomic E-state index is 0.00186. The minimum Gasteiger partial charge on any atom is -0.489 e. The summed E-state index contributed by atoms with van der Waals surface area (Å²) in [6, 6.07) is 15.4. The lowest BCUT2D eigenvalue weighted by atomic mass is 10.1. The molecule has 7 nitrogen and oxygen atoms in total. The predicted molar refractivity (Wildman–Crippen MR) is 117 cm³/mol. The summed E-state index contributed by atoms with van der Waals surface area (Å²) in [5, 5.41) is 2.82. The Balaban J connectivity index is 1.47. The van der Waals surface area contributed by atoms with E-state index in [1.54, 1.807) is 49.6 Å². The molecule has 160 valence electrons. The van der Waals surface area contributed by atoms with Crippen molar-refractivity contribution < 1.29 is 17.9 Å². The molecule has 3 aromatic rings. The number of hydrogen-bond donors (Lipinski definition) is 2. The maximum atomic E-state index is 12.9. The summed E-state index contributed by atoms with van der Waals surface area (Å²) in [5.41, 5.74) is 2.48. The van der Waals surface area contributed by atoms with Crippen LogP contribution in [0.3, 0.4) is 0 Å². The number of ether oxygens (including phenoxy) is 1. The molecule has 0 aliphatic heterocycles. The summed E-state index contributed by atoms with van der Waals surface area (Å²) < 4.78 is 33.4. The van der Waals surface area contributed by atoms with Gasteiger partial charge in [0.15, 0.2) is 0 Å². The third kappa shape index (κ3) is 5.48. The predicted octanol–water partition coefficient (Wildman–Crippen LogP) is 3.66. The molecule has 1 fully saturated rings. The summed E-state index contributed by atoms with van der Waals surface area (Å²) in [5.74, 6) is 0.216. The Kier molecular flexibility index (Phi) is 6.01. The Labute approximate surface area is 181 Å². The molecule has 1 aliphatic rings. The first kappa shape index (κ1) is 21.0. The van der Waals surface area contributed by atoms with Gasteiger partial charge in [-0.25, -0.2) is 13.1 Å². The summed E-state index contributed by atoms with van der Waals surface area (Å²) in [6.07, 6.45) is 5.12. The molecule has 0 atom stereocenters. The largest absolute Gasteiger partial charge is 0.489 e. The highest BCUT2D eigenvalue weighted by molar-refractivity contribution is 7.89. The molecule has 1 saturated carbocycles. The molecule has 1 amide bonds. The number of benzene rings is 2. The number of amides is 1. The van der Waals surface area contributed by atoms with E-state index in [0.717, 1.165) is 18.4 Å². The van der Waals surface area contributed by atoms with E-state index >= 15 is 0 Å². The van der Waals surface area contributed by atoms with Crippen LogP contribution in [-0.2, 0) is 16.6 Å². The normalized spacial score (nSPS) is 13.6. The smallest absolute Gasteiger partial charge is 0.255 e. The van der Waals surface area contributed by atoms with Crippen LogP contribution in [0.25, 0.3) is 0 Å². The monoisotopic (exact) mass is 437 g/mol. The topological polar surface area (TPSA) is 97.4 Å². The summed E-state index contributed by atoms with van der Waals surface area (Å²) in [6.45, 7) is 2.13. The van der Waals surface area contributed by atoms with Gasteiger partial charge in [-0.15, -0.1) is 0 Å². The van der Waals surface area contributed by atoms with Gasteiger partial charge in [0.25, 0.3) is 5.91 Å². The molecule has 0 radical (unpaired) electrons. The zero-order chi connectivity index (χ0) is 21.8. The molecule has 1 aromatic heterocycles. The fourth-order valence-corrected chi connectivity index (χ4v) is 4.34. The molecule has 0 saturated heterocycles. The minimum atomic E-state index is -3.64. The van der Waals surface area contributed by atoms with Crippen molar-refractivity contribution in [2.45, 2.75) is 37.3 Å². The number of sulfonamides is 1. The first-order valence-corrected chi connectivity index (χ1v) is 11.5. The number of aryl methyl sites for hydroxylation is 1. The lowest BCUT2D eigenvalue weighted by Crippen LogP contribution is -2.26. The molecule has 2 N–H and O–H groups in total. The van der Waals surface area contributed by atoms with Gasteiger partial charge < -0.3 is 10.1 Å². The van der Waals surface area contributed by atoms with Crippen molar-refractivity contribution in [2.24, 2.45) is 0 Å². The molecular weight excluding hydrogens is 414 g/mol. The van der Waals surface area contributed by atoms with E-state index in [1.807, 2.05) is 12.1 Å². The lowest BCUT2D eigenvalue weighted by molar-refractivity contribution is 0.102. The van der Waals surface area contributed by atoms with Gasteiger partial charge in [0, 0.05) is 41.3 Å². The van der Waals surface area contributed by atoms with Gasteiger partial charge in [-0.2, -0.15) is 0 Å². The standard InChI is InChI=1S/C23H23N3O4S/c1-16-7-10-21(31(28,29)26-18-8-9-18)13-22(16)23(27)25-19-5-2-6-20(12-19)30-15-17-4-3-11-24-14-17/h2-7,10-14,18,26H,8-9,15H2,1H3,(H,25,27). The van der Waals surface area contributed by atoms with Crippen LogP contribution in [0, 0.1) is 6.92 Å². The van der Waals surface area contributed by atoms with Crippen molar-refractivity contribution in [1.29, 1.82) is 0 Å². The Morgan fingerprint density at radius 3 is 2.71 bits per heavy atom. The second kappa shape index (κ2) is 8.87. The van der Waals surface area contributed by atoms with Crippen LogP contribution in [-0.4, -0.2) is 25.4 Å². The zero-order valence-electron chi connectivity index (χ0n) is 17.0. The van der Waals surface area contributed by atoms with E-state index in [2.05, 4.69) is 15.0 Å². The first-order chi connectivity index (χ1) is 14.9.